The number of nitrogens with one attached hydrogen (secondary N) is 2. The fraction of sp³-hybridized carbons (Fsp3) is 0.857. The predicted molar refractivity (Wildman–Crippen MR) is 50.2 cm³/mol. The maximum atomic E-state index is 11.3. The maximum absolute atomic E-state index is 11.3. The lowest BCUT2D eigenvalue weighted by molar-refractivity contribution is -0.121. The summed E-state index contributed by atoms with van der Waals surface area (Å²) in [5, 5.41) is 2.88. The van der Waals surface area contributed by atoms with Crippen molar-refractivity contribution in [3.8, 4) is 0 Å². The van der Waals surface area contributed by atoms with Gasteiger partial charge in [-0.1, -0.05) is 0 Å². The molecule has 2 atom stereocenters. The van der Waals surface area contributed by atoms with Gasteiger partial charge in [-0.25, -0.2) is 8.42 Å². The molecule has 82 valence electrons. The minimum atomic E-state index is -3.47. The first kappa shape index (κ1) is 11.4. The van der Waals surface area contributed by atoms with Crippen LogP contribution in [0.5, 0.6) is 0 Å². The van der Waals surface area contributed by atoms with E-state index in [1.807, 2.05) is 4.72 Å². The molecular weight excluding hydrogens is 208 g/mol. The van der Waals surface area contributed by atoms with Gasteiger partial charge in [-0.2, -0.15) is 0 Å². The zero-order valence-corrected chi connectivity index (χ0v) is 8.93. The third-order valence-electron chi connectivity index (χ3n) is 2.03. The minimum absolute atomic E-state index is 0.0229. The number of methoxy groups -OCH3 is 1. The molecule has 1 saturated heterocycles. The molecule has 0 aromatic carbocycles. The van der Waals surface area contributed by atoms with Crippen molar-refractivity contribution in [2.45, 2.75) is 18.6 Å². The Hall–Kier alpha value is -0.660. The lowest BCUT2D eigenvalue weighted by atomic mass is 10.2. The maximum Gasteiger partial charge on any atom is 0.250 e. The Morgan fingerprint density at radius 1 is 1.57 bits per heavy atom. The van der Waals surface area contributed by atoms with E-state index in [9.17, 15) is 13.2 Å². The molecule has 0 aromatic heterocycles. The van der Waals surface area contributed by atoms with Crippen LogP contribution in [-0.2, 0) is 19.6 Å². The largest absolute Gasteiger partial charge is 0.380 e. The van der Waals surface area contributed by atoms with Gasteiger partial charge < -0.3 is 10.1 Å². The molecule has 0 aliphatic carbocycles. The molecule has 1 aliphatic heterocycles. The molecular formula is C7H14N2O4S. The summed E-state index contributed by atoms with van der Waals surface area (Å²) >= 11 is 0. The summed E-state index contributed by atoms with van der Waals surface area (Å²) in [5.41, 5.74) is 0. The van der Waals surface area contributed by atoms with Crippen LogP contribution in [-0.4, -0.2) is 46.4 Å². The van der Waals surface area contributed by atoms with E-state index >= 15 is 0 Å². The molecule has 0 aromatic rings. The highest BCUT2D eigenvalue weighted by Crippen LogP contribution is 2.09. The second kappa shape index (κ2) is 4.24. The third-order valence-corrected chi connectivity index (χ3v) is 2.60. The average Bonchev–Trinajstić information content (AvgIpc) is 2.48. The van der Waals surface area contributed by atoms with Crippen LogP contribution in [0.1, 0.15) is 6.42 Å². The average molecular weight is 222 g/mol. The fourth-order valence-electron chi connectivity index (χ4n) is 1.34. The van der Waals surface area contributed by atoms with Gasteiger partial charge in [-0.15, -0.1) is 0 Å². The van der Waals surface area contributed by atoms with Gasteiger partial charge in [0.25, 0.3) is 5.91 Å². The van der Waals surface area contributed by atoms with Crippen molar-refractivity contribution >= 4 is 15.9 Å². The summed E-state index contributed by atoms with van der Waals surface area (Å²) < 4.78 is 28.5. The summed E-state index contributed by atoms with van der Waals surface area (Å²) in [4.78, 5) is 11.3. The molecule has 2 N–H and O–H groups in total. The molecule has 6 nitrogen and oxygen atoms in total. The number of rotatable bonds is 3. The highest BCUT2D eigenvalue weighted by atomic mass is 32.2. The van der Waals surface area contributed by atoms with Crippen LogP contribution in [0.4, 0.5) is 0 Å². The first-order valence-corrected chi connectivity index (χ1v) is 6.09. The lowest BCUT2D eigenvalue weighted by Gasteiger charge is -2.09. The highest BCUT2D eigenvalue weighted by Gasteiger charge is 2.30. The van der Waals surface area contributed by atoms with Crippen molar-refractivity contribution in [3.05, 3.63) is 0 Å². The molecule has 1 rings (SSSR count). The van der Waals surface area contributed by atoms with Crippen LogP contribution in [0.2, 0.25) is 0 Å². The Balaban J connectivity index is 2.48. The Bertz CT molecular complexity index is 314. The Kier molecular flexibility index (Phi) is 3.46. The van der Waals surface area contributed by atoms with Gasteiger partial charge >= 0.3 is 0 Å². The quantitative estimate of drug-likeness (QED) is 0.603. The van der Waals surface area contributed by atoms with Gasteiger partial charge in [0.2, 0.25) is 10.0 Å². The van der Waals surface area contributed by atoms with E-state index in [2.05, 4.69) is 5.32 Å². The van der Waals surface area contributed by atoms with E-state index in [0.29, 0.717) is 13.0 Å². The molecule has 1 fully saturated rings. The fourth-order valence-corrected chi connectivity index (χ4v) is 1.84. The smallest absolute Gasteiger partial charge is 0.250 e. The first-order chi connectivity index (χ1) is 6.42. The molecule has 1 amide bonds. The summed E-state index contributed by atoms with van der Waals surface area (Å²) in [7, 11) is -1.91. The summed E-state index contributed by atoms with van der Waals surface area (Å²) in [6.45, 7) is 0.568. The normalized spacial score (nSPS) is 27.6. The van der Waals surface area contributed by atoms with Gasteiger partial charge in [0.15, 0.2) is 0 Å². The molecule has 14 heavy (non-hydrogen) atoms. The van der Waals surface area contributed by atoms with Gasteiger partial charge in [0, 0.05) is 13.7 Å². The summed E-state index contributed by atoms with van der Waals surface area (Å²) in [6, 6.07) is -0.477. The molecule has 1 heterocycles. The highest BCUT2D eigenvalue weighted by molar-refractivity contribution is 7.89. The lowest BCUT2D eigenvalue weighted by Crippen LogP contribution is -2.42. The summed E-state index contributed by atoms with van der Waals surface area (Å²) in [6.07, 6.45) is 1.43. The van der Waals surface area contributed by atoms with E-state index in [1.54, 1.807) is 7.11 Å². The van der Waals surface area contributed by atoms with Crippen LogP contribution in [0.15, 0.2) is 0 Å². The Morgan fingerprint density at radius 3 is 2.64 bits per heavy atom. The molecule has 2 unspecified atom stereocenters. The molecule has 7 heteroatoms. The number of carbonyl (C=O) groups is 1. The topological polar surface area (TPSA) is 84.5 Å². The number of hydrogen-bond acceptors (Lipinski definition) is 5. The van der Waals surface area contributed by atoms with Gasteiger partial charge in [-0.3, -0.25) is 9.52 Å². The van der Waals surface area contributed by atoms with Crippen molar-refractivity contribution in [2.75, 3.05) is 19.9 Å². The second-order valence-electron chi connectivity index (χ2n) is 3.29. The Morgan fingerprint density at radius 2 is 2.21 bits per heavy atom. The van der Waals surface area contributed by atoms with Crippen molar-refractivity contribution in [1.29, 1.82) is 0 Å². The van der Waals surface area contributed by atoms with Crippen molar-refractivity contribution in [2.24, 2.45) is 0 Å². The van der Waals surface area contributed by atoms with Crippen LogP contribution < -0.4 is 10.0 Å². The van der Waals surface area contributed by atoms with Gasteiger partial charge in [0.05, 0.1) is 18.4 Å². The number of hydrogen-bond donors (Lipinski definition) is 2. The van der Waals surface area contributed by atoms with Crippen molar-refractivity contribution < 1.29 is 17.9 Å². The molecule has 1 aliphatic rings. The monoisotopic (exact) mass is 222 g/mol. The van der Waals surface area contributed by atoms with Gasteiger partial charge in [0.1, 0.15) is 0 Å². The van der Waals surface area contributed by atoms with E-state index in [4.69, 9.17) is 4.74 Å². The number of ether oxygens (including phenoxy) is 1. The van der Waals surface area contributed by atoms with E-state index in [0.717, 1.165) is 6.26 Å². The van der Waals surface area contributed by atoms with Gasteiger partial charge in [-0.05, 0) is 6.42 Å². The van der Waals surface area contributed by atoms with Crippen LogP contribution in [0, 0.1) is 0 Å². The SMILES string of the molecule is COC1CNC(C(=O)NS(C)(=O)=O)C1. The van der Waals surface area contributed by atoms with Crippen LogP contribution >= 0.6 is 0 Å². The number of amides is 1. The van der Waals surface area contributed by atoms with Crippen LogP contribution in [0.3, 0.4) is 0 Å². The molecule has 0 spiro atoms. The van der Waals surface area contributed by atoms with E-state index in [-0.39, 0.29) is 6.10 Å². The van der Waals surface area contributed by atoms with E-state index < -0.39 is 22.0 Å². The predicted octanol–water partition coefficient (Wildman–Crippen LogP) is -1.56. The zero-order valence-electron chi connectivity index (χ0n) is 8.11. The molecule has 0 bridgehead atoms. The van der Waals surface area contributed by atoms with E-state index in [1.165, 1.54) is 0 Å². The second-order valence-corrected chi connectivity index (χ2v) is 5.04. The van der Waals surface area contributed by atoms with Crippen molar-refractivity contribution in [3.63, 3.8) is 0 Å². The standard InChI is InChI=1S/C7H14N2O4S/c1-13-5-3-6(8-4-5)7(10)9-14(2,11)12/h5-6,8H,3-4H2,1-2H3,(H,9,10). The summed E-state index contributed by atoms with van der Waals surface area (Å²) in [5.74, 6) is -0.521. The minimum Gasteiger partial charge on any atom is -0.380 e. The first-order valence-electron chi connectivity index (χ1n) is 4.20. The van der Waals surface area contributed by atoms with Crippen molar-refractivity contribution in [1.82, 2.24) is 10.0 Å². The number of sulfonamides is 1. The number of carbonyl (C=O) groups excluding carboxylic acids is 1. The molecule has 0 radical (unpaired) electrons. The Labute approximate surface area is 83.1 Å². The molecule has 0 saturated carbocycles. The third kappa shape index (κ3) is 3.24. The zero-order chi connectivity index (χ0) is 10.8. The van der Waals surface area contributed by atoms with Crippen LogP contribution in [0.25, 0.3) is 0 Å².